The predicted molar refractivity (Wildman–Crippen MR) is 203 cm³/mol. The first-order valence-corrected chi connectivity index (χ1v) is 17.8. The van der Waals surface area contributed by atoms with Crippen molar-refractivity contribution in [2.24, 2.45) is 0 Å². The third-order valence-electron chi connectivity index (χ3n) is 9.65. The molecule has 4 aromatic rings. The van der Waals surface area contributed by atoms with Crippen LogP contribution in [0.4, 0.5) is 0 Å². The number of aromatic hydroxyl groups is 2. The van der Waals surface area contributed by atoms with Gasteiger partial charge in [-0.2, -0.15) is 0 Å². The molecule has 0 bridgehead atoms. The summed E-state index contributed by atoms with van der Waals surface area (Å²) in [5.41, 5.74) is 4.29. The summed E-state index contributed by atoms with van der Waals surface area (Å²) in [5.74, 6) is -1.46. The molecule has 1 unspecified atom stereocenters. The monoisotopic (exact) mass is 857 g/mol. The Morgan fingerprint density at radius 3 is 1.61 bits per heavy atom. The summed E-state index contributed by atoms with van der Waals surface area (Å²) in [7, 11) is 1.30. The molecule has 2 saturated heterocycles. The Morgan fingerprint density at radius 2 is 1.11 bits per heavy atom. The Morgan fingerprint density at radius 1 is 0.625 bits per heavy atom. The van der Waals surface area contributed by atoms with Crippen LogP contribution < -0.4 is 0 Å². The molecule has 16 heteroatoms. The van der Waals surface area contributed by atoms with Crippen molar-refractivity contribution in [3.63, 3.8) is 0 Å². The zero-order chi connectivity index (χ0) is 39.3. The number of phenols is 2. The number of phenolic OH excluding ortho intramolecular Hbond substituents is 2. The second-order valence-corrected chi connectivity index (χ2v) is 14.0. The van der Waals surface area contributed by atoms with Crippen molar-refractivity contribution in [3.05, 3.63) is 128 Å². The van der Waals surface area contributed by atoms with Crippen LogP contribution in [-0.4, -0.2) is 120 Å². The average Bonchev–Trinajstić information content (AvgIpc) is 3.17. The van der Waals surface area contributed by atoms with Crippen molar-refractivity contribution in [1.29, 1.82) is 0 Å². The van der Waals surface area contributed by atoms with Gasteiger partial charge in [-0.15, -0.1) is 0 Å². The van der Waals surface area contributed by atoms with Crippen LogP contribution in [0.1, 0.15) is 46.9 Å². The molecule has 4 aromatic carbocycles. The van der Waals surface area contributed by atoms with Crippen molar-refractivity contribution in [3.8, 4) is 11.5 Å². The number of aliphatic hydroxyl groups excluding tert-OH is 8. The second kappa shape index (κ2) is 20.8. The van der Waals surface area contributed by atoms with Gasteiger partial charge in [-0.1, -0.05) is 73.1 Å². The molecule has 13 nitrogen and oxygen atoms in total. The van der Waals surface area contributed by atoms with Gasteiger partial charge in [0, 0.05) is 41.3 Å². The predicted octanol–water partition coefficient (Wildman–Crippen LogP) is 2.69. The van der Waals surface area contributed by atoms with Crippen LogP contribution in [0.25, 0.3) is 0 Å². The number of methoxy groups -OCH3 is 1. The van der Waals surface area contributed by atoms with E-state index in [9.17, 15) is 51.1 Å². The van der Waals surface area contributed by atoms with Crippen LogP contribution in [0.3, 0.4) is 0 Å². The number of benzene rings is 4. The fraction of sp³-hybridized carbons (Fsp3) is 0.400. The summed E-state index contributed by atoms with van der Waals surface area (Å²) in [6, 6.07) is 23.4. The van der Waals surface area contributed by atoms with Crippen molar-refractivity contribution >= 4 is 23.2 Å². The molecule has 6 rings (SSSR count). The molecule has 305 valence electrons. The molecule has 2 aliphatic heterocycles. The Kier molecular flexibility index (Phi) is 17.6. The van der Waals surface area contributed by atoms with Crippen LogP contribution in [0, 0.1) is 0 Å². The number of hydrogen-bond donors (Lipinski definition) is 10. The molecular weight excluding hydrogens is 810 g/mol. The van der Waals surface area contributed by atoms with E-state index >= 15 is 0 Å². The standard InChI is InChI=1S/C20H23ClO7.C19H21ClO6.CH4.V/c1-27-20(19(26)18(25)17(24)16(10-22)28-20)13-4-7-15(21)12(9-13)8-11-2-5-14(23)6-3-11;20-14-6-3-11(8-12(14)7-10-1-4-13(22)5-2-10)19-18(25)17(24)16(23)15(9-21)26-19;;/h2-7,9,16-19,22-26H,8,10H2,1H3;1-6,8,15-19,21-25H,7,9H2;1H4;/t16-,17-,18+,19-,20?;15-,16-,17+,18-,19+;;/m11../s1. The van der Waals surface area contributed by atoms with Gasteiger partial charge in [0.05, 0.1) is 13.2 Å². The second-order valence-electron chi connectivity index (χ2n) is 13.2. The van der Waals surface area contributed by atoms with Gasteiger partial charge in [-0.25, -0.2) is 0 Å². The van der Waals surface area contributed by atoms with Gasteiger partial charge in [-0.05, 0) is 83.1 Å². The number of rotatable bonds is 9. The van der Waals surface area contributed by atoms with Gasteiger partial charge in [0.2, 0.25) is 5.79 Å². The summed E-state index contributed by atoms with van der Waals surface area (Å²) < 4.78 is 16.8. The summed E-state index contributed by atoms with van der Waals surface area (Å²) >= 11 is 12.6. The number of halogens is 2. The molecule has 1 radical (unpaired) electrons. The summed E-state index contributed by atoms with van der Waals surface area (Å²) in [4.78, 5) is 0. The molecule has 2 fully saturated rings. The molecule has 2 aliphatic rings. The molecule has 0 amide bonds. The largest absolute Gasteiger partial charge is 0.508 e. The van der Waals surface area contributed by atoms with E-state index in [-0.39, 0.29) is 37.5 Å². The van der Waals surface area contributed by atoms with E-state index in [2.05, 4.69) is 0 Å². The van der Waals surface area contributed by atoms with Gasteiger partial charge < -0.3 is 65.3 Å². The number of aliphatic hydroxyl groups is 8. The van der Waals surface area contributed by atoms with E-state index in [4.69, 9.17) is 37.4 Å². The summed E-state index contributed by atoms with van der Waals surface area (Å²) in [6.07, 6.45) is -10.9. The minimum atomic E-state index is -1.79. The fourth-order valence-corrected chi connectivity index (χ4v) is 6.91. The van der Waals surface area contributed by atoms with Gasteiger partial charge >= 0.3 is 0 Å². The molecular formula is C40H48Cl2O13V. The number of ether oxygens (including phenoxy) is 3. The topological polar surface area (TPSA) is 230 Å². The van der Waals surface area contributed by atoms with Crippen LogP contribution in [0.5, 0.6) is 11.5 Å². The Labute approximate surface area is 346 Å². The van der Waals surface area contributed by atoms with E-state index in [0.717, 1.165) is 16.7 Å². The number of hydrogen-bond acceptors (Lipinski definition) is 13. The summed E-state index contributed by atoms with van der Waals surface area (Å²) in [6.45, 7) is -1.04. The maximum Gasteiger partial charge on any atom is 0.224 e. The Bertz CT molecular complexity index is 1830. The fourth-order valence-electron chi connectivity index (χ4n) is 6.55. The molecule has 0 aromatic heterocycles. The van der Waals surface area contributed by atoms with E-state index < -0.39 is 73.9 Å². The first kappa shape index (κ1) is 47.6. The first-order valence-electron chi connectivity index (χ1n) is 17.0. The van der Waals surface area contributed by atoms with E-state index in [1.165, 1.54) is 7.11 Å². The molecule has 0 spiro atoms. The van der Waals surface area contributed by atoms with Crippen molar-refractivity contribution in [1.82, 2.24) is 0 Å². The van der Waals surface area contributed by atoms with E-state index in [1.54, 1.807) is 84.9 Å². The zero-order valence-electron chi connectivity index (χ0n) is 29.5. The zero-order valence-corrected chi connectivity index (χ0v) is 32.4. The van der Waals surface area contributed by atoms with Gasteiger partial charge in [-0.3, -0.25) is 0 Å². The van der Waals surface area contributed by atoms with E-state index in [0.29, 0.717) is 39.6 Å². The van der Waals surface area contributed by atoms with Crippen LogP contribution >= 0.6 is 23.2 Å². The van der Waals surface area contributed by atoms with Gasteiger partial charge in [0.1, 0.15) is 66.4 Å². The minimum Gasteiger partial charge on any atom is -0.508 e. The molecule has 2 heterocycles. The van der Waals surface area contributed by atoms with Gasteiger partial charge in [0.25, 0.3) is 0 Å². The van der Waals surface area contributed by atoms with E-state index in [1.807, 2.05) is 0 Å². The van der Waals surface area contributed by atoms with Crippen molar-refractivity contribution in [2.45, 2.75) is 81.0 Å². The molecule has 0 aliphatic carbocycles. The third kappa shape index (κ3) is 10.4. The van der Waals surface area contributed by atoms with Crippen LogP contribution in [0.2, 0.25) is 10.0 Å². The van der Waals surface area contributed by atoms with Crippen molar-refractivity contribution in [2.75, 3.05) is 20.3 Å². The maximum atomic E-state index is 10.6. The first-order chi connectivity index (χ1) is 25.7. The Hall–Kier alpha value is -2.80. The molecule has 0 saturated carbocycles. The summed E-state index contributed by atoms with van der Waals surface area (Å²) in [5, 5.41) is 99.6. The average molecular weight is 859 g/mol. The minimum absolute atomic E-state index is 0. The third-order valence-corrected chi connectivity index (χ3v) is 10.4. The molecule has 10 N–H and O–H groups in total. The Balaban J connectivity index is 0.000000291. The quantitative estimate of drug-likeness (QED) is 0.117. The normalized spacial score (nSPS) is 28.6. The smallest absolute Gasteiger partial charge is 0.224 e. The molecule has 56 heavy (non-hydrogen) atoms. The van der Waals surface area contributed by atoms with Crippen molar-refractivity contribution < 1.29 is 83.8 Å². The van der Waals surface area contributed by atoms with Gasteiger partial charge in [0.15, 0.2) is 0 Å². The van der Waals surface area contributed by atoms with Crippen LogP contribution in [0.15, 0.2) is 84.9 Å². The van der Waals surface area contributed by atoms with Crippen LogP contribution in [-0.2, 0) is 51.4 Å². The maximum absolute atomic E-state index is 10.6. The SMILES string of the molecule is C.COC1(c2ccc(Cl)c(Cc3ccc(O)cc3)c2)O[C@H](CO)[C@@H](O)[C@H](O)[C@H]1O.OC[C@H]1O[C@@H](c2ccc(Cl)c(Cc3ccc(O)cc3)c2)[C@H](O)[C@@H](O)[C@@H]1O.[V]. The molecule has 10 atom stereocenters.